The highest BCUT2D eigenvalue weighted by Crippen LogP contribution is 2.31. The van der Waals surface area contributed by atoms with Gasteiger partial charge in [-0.1, -0.05) is 41.7 Å². The lowest BCUT2D eigenvalue weighted by molar-refractivity contribution is 0.178. The molecule has 154 valence electrons. The largest absolute Gasteiger partial charge is 0.490 e. The van der Waals surface area contributed by atoms with Gasteiger partial charge in [-0.05, 0) is 69.8 Å². The Balaban J connectivity index is 1.38. The second-order valence-corrected chi connectivity index (χ2v) is 9.30. The van der Waals surface area contributed by atoms with Crippen molar-refractivity contribution in [1.82, 2.24) is 10.3 Å². The zero-order valence-electron chi connectivity index (χ0n) is 17.8. The van der Waals surface area contributed by atoms with Crippen molar-refractivity contribution in [2.24, 2.45) is 0 Å². The summed E-state index contributed by atoms with van der Waals surface area (Å²) in [5, 5.41) is 4.83. The topological polar surface area (TPSA) is 37.4 Å². The van der Waals surface area contributed by atoms with Crippen LogP contribution in [0.5, 0.6) is 5.75 Å². The van der Waals surface area contributed by atoms with Gasteiger partial charge in [-0.15, -0.1) is 0 Å². The van der Waals surface area contributed by atoms with Crippen molar-refractivity contribution in [3.05, 3.63) is 53.6 Å². The summed E-state index contributed by atoms with van der Waals surface area (Å²) in [4.78, 5) is 7.23. The second-order valence-electron chi connectivity index (χ2n) is 8.29. The SMILES string of the molecule is Cc1cccc(C)c1OC(C)CC1CC(N(C)c2nc3ccccc3s2)CCN1. The number of benzene rings is 2. The van der Waals surface area contributed by atoms with E-state index in [1.807, 2.05) is 0 Å². The Morgan fingerprint density at radius 1 is 1.17 bits per heavy atom. The van der Waals surface area contributed by atoms with E-state index in [0.29, 0.717) is 12.1 Å². The number of hydrogen-bond donors (Lipinski definition) is 1. The fourth-order valence-corrected chi connectivity index (χ4v) is 5.32. The van der Waals surface area contributed by atoms with Crippen molar-refractivity contribution in [2.75, 3.05) is 18.5 Å². The number of aryl methyl sites for hydroxylation is 2. The Bertz CT molecular complexity index is 916. The number of fused-ring (bicyclic) bond motifs is 1. The van der Waals surface area contributed by atoms with Gasteiger partial charge in [0.15, 0.2) is 5.13 Å². The van der Waals surface area contributed by atoms with Gasteiger partial charge in [-0.25, -0.2) is 4.98 Å². The molecule has 0 aliphatic carbocycles. The maximum absolute atomic E-state index is 6.34. The molecule has 1 saturated heterocycles. The first kappa shape index (κ1) is 20.2. The molecule has 1 aliphatic rings. The Kier molecular flexibility index (Phi) is 6.07. The Hall–Kier alpha value is -2.11. The summed E-state index contributed by atoms with van der Waals surface area (Å²) >= 11 is 1.79. The number of hydrogen-bond acceptors (Lipinski definition) is 5. The van der Waals surface area contributed by atoms with E-state index in [1.165, 1.54) is 15.8 Å². The predicted molar refractivity (Wildman–Crippen MR) is 123 cm³/mol. The maximum Gasteiger partial charge on any atom is 0.186 e. The predicted octanol–water partition coefficient (Wildman–Crippen LogP) is 5.33. The number of piperidine rings is 1. The minimum absolute atomic E-state index is 0.179. The lowest BCUT2D eigenvalue weighted by Crippen LogP contribution is -2.48. The van der Waals surface area contributed by atoms with Gasteiger partial charge in [-0.3, -0.25) is 0 Å². The van der Waals surface area contributed by atoms with Crippen LogP contribution in [-0.2, 0) is 0 Å². The van der Waals surface area contributed by atoms with E-state index in [9.17, 15) is 0 Å². The normalized spacial score (nSPS) is 20.6. The third-order valence-electron chi connectivity index (χ3n) is 5.94. The minimum atomic E-state index is 0.179. The summed E-state index contributed by atoms with van der Waals surface area (Å²) in [6.07, 6.45) is 3.46. The first-order chi connectivity index (χ1) is 14.0. The molecule has 0 spiro atoms. The Morgan fingerprint density at radius 2 is 1.93 bits per heavy atom. The van der Waals surface area contributed by atoms with E-state index in [0.717, 1.165) is 42.2 Å². The number of nitrogens with one attached hydrogen (secondary N) is 1. The lowest BCUT2D eigenvalue weighted by Gasteiger charge is -2.37. The number of thiazole rings is 1. The minimum Gasteiger partial charge on any atom is -0.490 e. The number of nitrogens with zero attached hydrogens (tertiary/aromatic N) is 2. The van der Waals surface area contributed by atoms with Crippen molar-refractivity contribution in [3.63, 3.8) is 0 Å². The number of rotatable bonds is 6. The third kappa shape index (κ3) is 4.57. The molecule has 0 amide bonds. The molecule has 1 aromatic heterocycles. The van der Waals surface area contributed by atoms with Crippen LogP contribution in [0.15, 0.2) is 42.5 Å². The molecule has 2 heterocycles. The zero-order chi connectivity index (χ0) is 20.4. The van der Waals surface area contributed by atoms with E-state index in [1.54, 1.807) is 11.3 Å². The molecule has 0 radical (unpaired) electrons. The summed E-state index contributed by atoms with van der Waals surface area (Å²) in [6, 6.07) is 15.7. The Morgan fingerprint density at radius 3 is 2.69 bits per heavy atom. The van der Waals surface area contributed by atoms with Crippen LogP contribution in [-0.4, -0.2) is 36.8 Å². The summed E-state index contributed by atoms with van der Waals surface area (Å²) in [7, 11) is 2.20. The van der Waals surface area contributed by atoms with Crippen LogP contribution in [0, 0.1) is 13.8 Å². The van der Waals surface area contributed by atoms with E-state index in [-0.39, 0.29) is 6.10 Å². The summed E-state index contributed by atoms with van der Waals surface area (Å²) in [5.41, 5.74) is 3.52. The van der Waals surface area contributed by atoms with Crippen LogP contribution in [0.4, 0.5) is 5.13 Å². The van der Waals surface area contributed by atoms with E-state index < -0.39 is 0 Å². The van der Waals surface area contributed by atoms with Crippen molar-refractivity contribution >= 4 is 26.7 Å². The molecule has 1 aliphatic heterocycles. The number of ether oxygens (including phenoxy) is 1. The highest BCUT2D eigenvalue weighted by Gasteiger charge is 2.27. The van der Waals surface area contributed by atoms with Crippen molar-refractivity contribution in [3.8, 4) is 5.75 Å². The highest BCUT2D eigenvalue weighted by atomic mass is 32.1. The van der Waals surface area contributed by atoms with Crippen LogP contribution in [0.1, 0.15) is 37.3 Å². The molecule has 1 fully saturated rings. The number of para-hydroxylation sites is 2. The fraction of sp³-hybridized carbons (Fsp3) is 0.458. The molecule has 2 aromatic carbocycles. The summed E-state index contributed by atoms with van der Waals surface area (Å²) < 4.78 is 7.59. The summed E-state index contributed by atoms with van der Waals surface area (Å²) in [6.45, 7) is 7.48. The average molecular weight is 410 g/mol. The zero-order valence-corrected chi connectivity index (χ0v) is 18.6. The van der Waals surface area contributed by atoms with Crippen molar-refractivity contribution in [1.29, 1.82) is 0 Å². The van der Waals surface area contributed by atoms with Gasteiger partial charge < -0.3 is 15.0 Å². The van der Waals surface area contributed by atoms with Crippen molar-refractivity contribution in [2.45, 2.75) is 58.2 Å². The first-order valence-corrected chi connectivity index (χ1v) is 11.4. The van der Waals surface area contributed by atoms with Crippen LogP contribution in [0.25, 0.3) is 10.2 Å². The number of anilines is 1. The van der Waals surface area contributed by atoms with Gasteiger partial charge in [0.05, 0.1) is 16.3 Å². The molecule has 29 heavy (non-hydrogen) atoms. The molecule has 1 N–H and O–H groups in total. The number of aromatic nitrogens is 1. The van der Waals surface area contributed by atoms with Gasteiger partial charge in [0.25, 0.3) is 0 Å². The molecular weight excluding hydrogens is 378 g/mol. The van der Waals surface area contributed by atoms with Crippen LogP contribution in [0.3, 0.4) is 0 Å². The molecule has 3 atom stereocenters. The van der Waals surface area contributed by atoms with Gasteiger partial charge in [0.1, 0.15) is 5.75 Å². The van der Waals surface area contributed by atoms with E-state index in [2.05, 4.69) is 80.5 Å². The Labute approximate surface area is 177 Å². The molecule has 4 nitrogen and oxygen atoms in total. The maximum atomic E-state index is 6.34. The van der Waals surface area contributed by atoms with Crippen LogP contribution in [0.2, 0.25) is 0 Å². The second kappa shape index (κ2) is 8.72. The standard InChI is InChI=1S/C24H31N3OS/c1-16-8-7-9-17(2)23(16)28-18(3)14-19-15-20(12-13-25-19)27(4)24-26-21-10-5-6-11-22(21)29-24/h5-11,18-20,25H,12-15H2,1-4H3. The molecular formula is C24H31N3OS. The fourth-order valence-electron chi connectivity index (χ4n) is 4.32. The third-order valence-corrected chi connectivity index (χ3v) is 7.07. The highest BCUT2D eigenvalue weighted by molar-refractivity contribution is 7.22. The van der Waals surface area contributed by atoms with Gasteiger partial charge >= 0.3 is 0 Å². The van der Waals surface area contributed by atoms with Gasteiger partial charge in [-0.2, -0.15) is 0 Å². The van der Waals surface area contributed by atoms with Gasteiger partial charge in [0, 0.05) is 19.1 Å². The van der Waals surface area contributed by atoms with Gasteiger partial charge in [0.2, 0.25) is 0 Å². The van der Waals surface area contributed by atoms with E-state index in [4.69, 9.17) is 9.72 Å². The van der Waals surface area contributed by atoms with E-state index >= 15 is 0 Å². The lowest BCUT2D eigenvalue weighted by atomic mass is 9.94. The molecule has 3 aromatic rings. The monoisotopic (exact) mass is 409 g/mol. The smallest absolute Gasteiger partial charge is 0.186 e. The molecule has 4 rings (SSSR count). The quantitative estimate of drug-likeness (QED) is 0.597. The molecule has 0 saturated carbocycles. The molecule has 5 heteroatoms. The summed E-state index contributed by atoms with van der Waals surface area (Å²) in [5.74, 6) is 1.04. The first-order valence-electron chi connectivity index (χ1n) is 10.6. The van der Waals surface area contributed by atoms with Crippen LogP contribution < -0.4 is 15.0 Å². The molecule has 3 unspecified atom stereocenters. The van der Waals surface area contributed by atoms with Crippen LogP contribution >= 0.6 is 11.3 Å². The molecule has 0 bridgehead atoms. The van der Waals surface area contributed by atoms with Crippen molar-refractivity contribution < 1.29 is 4.74 Å². The average Bonchev–Trinajstić information content (AvgIpc) is 3.15.